The molecule has 0 amide bonds. The van der Waals surface area contributed by atoms with Gasteiger partial charge >= 0.3 is 11.9 Å². The summed E-state index contributed by atoms with van der Waals surface area (Å²) in [5.74, 6) is -0.624. The summed E-state index contributed by atoms with van der Waals surface area (Å²) in [6, 6.07) is 0. The number of ether oxygens (including phenoxy) is 1. The molecule has 4 heteroatoms. The van der Waals surface area contributed by atoms with Crippen molar-refractivity contribution in [2.24, 2.45) is 11.3 Å². The van der Waals surface area contributed by atoms with Gasteiger partial charge in [-0.05, 0) is 38.0 Å². The standard InChI is InChI=1S/C28H52O4/c1-4-5-20-25(32-27(31)28(26(29)30)22-17-14-18-23-28)21-16-13-11-9-7-6-8-10-12-15-19-24(2)3/h24-25H,4-23H2,1-3H3,(H,29,30). The highest BCUT2D eigenvalue weighted by Gasteiger charge is 2.48. The summed E-state index contributed by atoms with van der Waals surface area (Å²) in [7, 11) is 0. The van der Waals surface area contributed by atoms with Crippen LogP contribution in [0.15, 0.2) is 0 Å². The van der Waals surface area contributed by atoms with Gasteiger partial charge in [0.1, 0.15) is 6.10 Å². The molecular weight excluding hydrogens is 400 g/mol. The summed E-state index contributed by atoms with van der Waals surface area (Å²) in [6.45, 7) is 6.75. The zero-order valence-corrected chi connectivity index (χ0v) is 21.5. The Bertz CT molecular complexity index is 494. The summed E-state index contributed by atoms with van der Waals surface area (Å²) in [4.78, 5) is 24.8. The number of carboxylic acids is 1. The van der Waals surface area contributed by atoms with E-state index in [4.69, 9.17) is 4.74 Å². The molecule has 0 aromatic carbocycles. The zero-order chi connectivity index (χ0) is 23.7. The van der Waals surface area contributed by atoms with E-state index in [1.807, 2.05) is 0 Å². The van der Waals surface area contributed by atoms with Gasteiger partial charge < -0.3 is 9.84 Å². The first-order valence-electron chi connectivity index (χ1n) is 13.9. The van der Waals surface area contributed by atoms with Crippen LogP contribution in [-0.2, 0) is 14.3 Å². The molecule has 1 fully saturated rings. The van der Waals surface area contributed by atoms with E-state index in [0.717, 1.165) is 57.3 Å². The molecule has 0 radical (unpaired) electrons. The van der Waals surface area contributed by atoms with Crippen molar-refractivity contribution in [1.82, 2.24) is 0 Å². The van der Waals surface area contributed by atoms with Gasteiger partial charge in [0.05, 0.1) is 0 Å². The third kappa shape index (κ3) is 11.7. The highest BCUT2D eigenvalue weighted by molar-refractivity contribution is 5.99. The van der Waals surface area contributed by atoms with Crippen molar-refractivity contribution < 1.29 is 19.4 Å². The second-order valence-corrected chi connectivity index (χ2v) is 10.6. The van der Waals surface area contributed by atoms with Crippen LogP contribution in [0.5, 0.6) is 0 Å². The number of hydrogen-bond donors (Lipinski definition) is 1. The molecule has 1 aliphatic rings. The Morgan fingerprint density at radius 1 is 0.750 bits per heavy atom. The molecule has 1 rings (SSSR count). The molecule has 0 aliphatic heterocycles. The topological polar surface area (TPSA) is 63.6 Å². The molecule has 1 unspecified atom stereocenters. The van der Waals surface area contributed by atoms with Crippen molar-refractivity contribution in [3.05, 3.63) is 0 Å². The Balaban J connectivity index is 2.22. The van der Waals surface area contributed by atoms with Gasteiger partial charge in [-0.1, -0.05) is 117 Å². The Morgan fingerprint density at radius 3 is 1.69 bits per heavy atom. The van der Waals surface area contributed by atoms with Crippen LogP contribution in [-0.4, -0.2) is 23.1 Å². The van der Waals surface area contributed by atoms with Gasteiger partial charge in [0.25, 0.3) is 0 Å². The number of carboxylic acid groups (broad SMARTS) is 1. The van der Waals surface area contributed by atoms with E-state index in [9.17, 15) is 14.7 Å². The quantitative estimate of drug-likeness (QED) is 0.121. The average Bonchev–Trinajstić information content (AvgIpc) is 2.77. The van der Waals surface area contributed by atoms with E-state index in [1.54, 1.807) is 0 Å². The smallest absolute Gasteiger partial charge is 0.323 e. The minimum absolute atomic E-state index is 0.119. The van der Waals surface area contributed by atoms with Crippen molar-refractivity contribution in [2.45, 2.75) is 155 Å². The summed E-state index contributed by atoms with van der Waals surface area (Å²) < 4.78 is 5.84. The van der Waals surface area contributed by atoms with Crippen molar-refractivity contribution in [2.75, 3.05) is 0 Å². The molecule has 0 saturated heterocycles. The van der Waals surface area contributed by atoms with Gasteiger partial charge in [0.15, 0.2) is 5.41 Å². The van der Waals surface area contributed by atoms with Gasteiger partial charge in [0, 0.05) is 0 Å². The van der Waals surface area contributed by atoms with Crippen molar-refractivity contribution in [3.8, 4) is 0 Å². The van der Waals surface area contributed by atoms with Crippen LogP contribution < -0.4 is 0 Å². The number of esters is 1. The van der Waals surface area contributed by atoms with Crippen molar-refractivity contribution in [1.29, 1.82) is 0 Å². The molecule has 1 N–H and O–H groups in total. The predicted octanol–water partition coefficient (Wildman–Crippen LogP) is 8.46. The number of rotatable bonds is 19. The van der Waals surface area contributed by atoms with E-state index in [1.165, 1.54) is 64.2 Å². The molecular formula is C28H52O4. The third-order valence-corrected chi connectivity index (χ3v) is 7.22. The van der Waals surface area contributed by atoms with Crippen LogP contribution in [0.25, 0.3) is 0 Å². The minimum atomic E-state index is -1.29. The molecule has 32 heavy (non-hydrogen) atoms. The van der Waals surface area contributed by atoms with E-state index >= 15 is 0 Å². The molecule has 1 saturated carbocycles. The summed E-state index contributed by atoms with van der Waals surface area (Å²) in [5, 5.41) is 9.75. The van der Waals surface area contributed by atoms with E-state index in [-0.39, 0.29) is 6.10 Å². The van der Waals surface area contributed by atoms with Crippen molar-refractivity contribution >= 4 is 11.9 Å². The Morgan fingerprint density at radius 2 is 1.22 bits per heavy atom. The lowest BCUT2D eigenvalue weighted by molar-refractivity contribution is -0.175. The molecule has 0 aromatic heterocycles. The molecule has 1 atom stereocenters. The average molecular weight is 453 g/mol. The summed E-state index contributed by atoms with van der Waals surface area (Å²) in [5.41, 5.74) is -1.29. The zero-order valence-electron chi connectivity index (χ0n) is 21.5. The lowest BCUT2D eigenvalue weighted by Gasteiger charge is -2.32. The van der Waals surface area contributed by atoms with Crippen LogP contribution in [0.4, 0.5) is 0 Å². The monoisotopic (exact) mass is 452 g/mol. The van der Waals surface area contributed by atoms with E-state index in [0.29, 0.717) is 12.8 Å². The largest absolute Gasteiger partial charge is 0.480 e. The van der Waals surface area contributed by atoms with E-state index < -0.39 is 17.4 Å². The predicted molar refractivity (Wildman–Crippen MR) is 133 cm³/mol. The summed E-state index contributed by atoms with van der Waals surface area (Å²) >= 11 is 0. The first-order chi connectivity index (χ1) is 15.4. The van der Waals surface area contributed by atoms with Crippen LogP contribution in [0.3, 0.4) is 0 Å². The van der Waals surface area contributed by atoms with Crippen LogP contribution in [0.1, 0.15) is 149 Å². The fourth-order valence-electron chi connectivity index (χ4n) is 4.96. The number of unbranched alkanes of at least 4 members (excludes halogenated alkanes) is 10. The Hall–Kier alpha value is -1.06. The lowest BCUT2D eigenvalue weighted by atomic mass is 9.74. The fourth-order valence-corrected chi connectivity index (χ4v) is 4.96. The maximum atomic E-state index is 12.9. The molecule has 0 heterocycles. The number of hydrogen-bond acceptors (Lipinski definition) is 3. The Kier molecular flexibility index (Phi) is 15.8. The second-order valence-electron chi connectivity index (χ2n) is 10.6. The van der Waals surface area contributed by atoms with E-state index in [2.05, 4.69) is 20.8 Å². The van der Waals surface area contributed by atoms with Gasteiger partial charge in [-0.2, -0.15) is 0 Å². The van der Waals surface area contributed by atoms with Crippen LogP contribution >= 0.6 is 0 Å². The Labute approximate surface area is 198 Å². The van der Waals surface area contributed by atoms with Crippen molar-refractivity contribution in [3.63, 3.8) is 0 Å². The minimum Gasteiger partial charge on any atom is -0.480 e. The highest BCUT2D eigenvalue weighted by Crippen LogP contribution is 2.38. The first-order valence-corrected chi connectivity index (χ1v) is 13.9. The first kappa shape index (κ1) is 29.0. The van der Waals surface area contributed by atoms with Crippen LogP contribution in [0, 0.1) is 11.3 Å². The normalized spacial score (nSPS) is 16.8. The van der Waals surface area contributed by atoms with Gasteiger partial charge in [-0.25, -0.2) is 0 Å². The van der Waals surface area contributed by atoms with Crippen LogP contribution in [0.2, 0.25) is 0 Å². The van der Waals surface area contributed by atoms with Gasteiger partial charge in [-0.3, -0.25) is 9.59 Å². The molecule has 188 valence electrons. The second kappa shape index (κ2) is 17.4. The maximum Gasteiger partial charge on any atom is 0.323 e. The molecule has 0 aromatic rings. The molecule has 4 nitrogen and oxygen atoms in total. The molecule has 1 aliphatic carbocycles. The SMILES string of the molecule is CCCCC(CCCCCCCCCCCCC(C)C)OC(=O)C1(C(=O)O)CCCCC1. The number of aliphatic carboxylic acids is 1. The highest BCUT2D eigenvalue weighted by atomic mass is 16.5. The van der Waals surface area contributed by atoms with Gasteiger partial charge in [0.2, 0.25) is 0 Å². The summed E-state index contributed by atoms with van der Waals surface area (Å²) in [6.07, 6.45) is 21.6. The lowest BCUT2D eigenvalue weighted by Crippen LogP contribution is -2.43. The fraction of sp³-hybridized carbons (Fsp3) is 0.929. The van der Waals surface area contributed by atoms with Gasteiger partial charge in [-0.15, -0.1) is 0 Å². The molecule has 0 spiro atoms. The number of carbonyl (C=O) groups excluding carboxylic acids is 1. The number of carbonyl (C=O) groups is 2. The molecule has 0 bridgehead atoms. The third-order valence-electron chi connectivity index (χ3n) is 7.22. The maximum absolute atomic E-state index is 12.9.